The SMILES string of the molecule is CCn1c(CN2CCC(N)C(C)(C)C2)nc2cc(F)ccc21.Cl.Cl. The minimum Gasteiger partial charge on any atom is -0.327 e. The third-order valence-corrected chi connectivity index (χ3v) is 4.86. The van der Waals surface area contributed by atoms with Crippen LogP contribution in [0.3, 0.4) is 0 Å². The second-order valence-corrected chi connectivity index (χ2v) is 7.00. The van der Waals surface area contributed by atoms with E-state index in [0.717, 1.165) is 49.5 Å². The van der Waals surface area contributed by atoms with Crippen LogP contribution >= 0.6 is 24.8 Å². The highest BCUT2D eigenvalue weighted by molar-refractivity contribution is 5.85. The number of likely N-dealkylation sites (tertiary alicyclic amines) is 1. The third-order valence-electron chi connectivity index (χ3n) is 4.86. The number of hydrogen-bond donors (Lipinski definition) is 1. The van der Waals surface area contributed by atoms with Crippen molar-refractivity contribution < 1.29 is 4.39 Å². The summed E-state index contributed by atoms with van der Waals surface area (Å²) in [5, 5.41) is 0. The van der Waals surface area contributed by atoms with Gasteiger partial charge in [0.15, 0.2) is 0 Å². The molecule has 136 valence electrons. The lowest BCUT2D eigenvalue weighted by Crippen LogP contribution is -2.52. The molecule has 1 aliphatic heterocycles. The van der Waals surface area contributed by atoms with Gasteiger partial charge in [0.2, 0.25) is 0 Å². The van der Waals surface area contributed by atoms with Gasteiger partial charge in [-0.3, -0.25) is 4.90 Å². The first-order chi connectivity index (χ1) is 10.4. The Balaban J connectivity index is 0.00000144. The number of nitrogens with two attached hydrogens (primary N) is 1. The second kappa shape index (κ2) is 8.00. The number of nitrogens with zero attached hydrogens (tertiary/aromatic N) is 3. The standard InChI is InChI=1S/C17H25FN4.2ClH/c1-4-22-14-6-5-12(18)9-13(14)20-16(22)10-21-8-7-15(19)17(2,3)11-21;;/h5-6,9,15H,4,7-8,10-11,19H2,1-3H3;2*1H. The number of halogens is 3. The Morgan fingerprint density at radius 3 is 2.67 bits per heavy atom. The van der Waals surface area contributed by atoms with Gasteiger partial charge in [-0.1, -0.05) is 13.8 Å². The van der Waals surface area contributed by atoms with Crippen molar-refractivity contribution in [2.75, 3.05) is 13.1 Å². The number of hydrogen-bond acceptors (Lipinski definition) is 3. The minimum absolute atomic E-state index is 0. The summed E-state index contributed by atoms with van der Waals surface area (Å²) in [5.41, 5.74) is 8.08. The van der Waals surface area contributed by atoms with Crippen LogP contribution in [-0.4, -0.2) is 33.6 Å². The van der Waals surface area contributed by atoms with E-state index < -0.39 is 0 Å². The summed E-state index contributed by atoms with van der Waals surface area (Å²) in [6.45, 7) is 10.1. The van der Waals surface area contributed by atoms with Crippen LogP contribution in [0.15, 0.2) is 18.2 Å². The average molecular weight is 377 g/mol. The summed E-state index contributed by atoms with van der Waals surface area (Å²) in [4.78, 5) is 7.07. The number of fused-ring (bicyclic) bond motifs is 1. The van der Waals surface area contributed by atoms with Gasteiger partial charge < -0.3 is 10.3 Å². The van der Waals surface area contributed by atoms with Gasteiger partial charge in [-0.05, 0) is 30.9 Å². The number of aryl methyl sites for hydroxylation is 1. The second-order valence-electron chi connectivity index (χ2n) is 7.00. The van der Waals surface area contributed by atoms with Gasteiger partial charge in [-0.15, -0.1) is 24.8 Å². The van der Waals surface area contributed by atoms with Crippen LogP contribution in [-0.2, 0) is 13.1 Å². The van der Waals surface area contributed by atoms with Gasteiger partial charge in [-0.2, -0.15) is 0 Å². The molecule has 1 aromatic carbocycles. The maximum atomic E-state index is 13.4. The van der Waals surface area contributed by atoms with Crippen molar-refractivity contribution in [2.24, 2.45) is 11.1 Å². The number of aromatic nitrogens is 2. The molecule has 2 aromatic rings. The molecule has 0 saturated carbocycles. The Labute approximate surface area is 155 Å². The molecule has 1 saturated heterocycles. The fourth-order valence-corrected chi connectivity index (χ4v) is 3.45. The number of rotatable bonds is 3. The predicted octanol–water partition coefficient (Wildman–Crippen LogP) is 3.60. The lowest BCUT2D eigenvalue weighted by atomic mass is 9.80. The number of benzene rings is 1. The van der Waals surface area contributed by atoms with E-state index >= 15 is 0 Å². The average Bonchev–Trinajstić information content (AvgIpc) is 2.78. The summed E-state index contributed by atoms with van der Waals surface area (Å²) in [7, 11) is 0. The first kappa shape index (κ1) is 21.2. The van der Waals surface area contributed by atoms with Crippen LogP contribution in [0.2, 0.25) is 0 Å². The third kappa shape index (κ3) is 4.02. The molecule has 0 amide bonds. The summed E-state index contributed by atoms with van der Waals surface area (Å²) in [6.07, 6.45) is 1.01. The smallest absolute Gasteiger partial charge is 0.125 e. The minimum atomic E-state index is -0.232. The van der Waals surface area contributed by atoms with Gasteiger partial charge >= 0.3 is 0 Å². The van der Waals surface area contributed by atoms with Crippen molar-refractivity contribution in [1.82, 2.24) is 14.5 Å². The quantitative estimate of drug-likeness (QED) is 0.889. The van der Waals surface area contributed by atoms with E-state index in [0.29, 0.717) is 0 Å². The molecule has 0 radical (unpaired) electrons. The zero-order chi connectivity index (χ0) is 15.9. The van der Waals surface area contributed by atoms with E-state index in [-0.39, 0.29) is 42.1 Å². The van der Waals surface area contributed by atoms with Crippen molar-refractivity contribution in [3.05, 3.63) is 29.8 Å². The summed E-state index contributed by atoms with van der Waals surface area (Å²) < 4.78 is 15.6. The van der Waals surface area contributed by atoms with Gasteiger partial charge in [0, 0.05) is 31.7 Å². The monoisotopic (exact) mass is 376 g/mol. The van der Waals surface area contributed by atoms with Crippen molar-refractivity contribution in [3.63, 3.8) is 0 Å². The van der Waals surface area contributed by atoms with Crippen LogP contribution < -0.4 is 5.73 Å². The predicted molar refractivity (Wildman–Crippen MR) is 102 cm³/mol. The molecule has 2 N–H and O–H groups in total. The van der Waals surface area contributed by atoms with Gasteiger partial charge in [0.1, 0.15) is 11.6 Å². The summed E-state index contributed by atoms with van der Waals surface area (Å²) in [6, 6.07) is 5.09. The fraction of sp³-hybridized carbons (Fsp3) is 0.588. The Morgan fingerprint density at radius 1 is 1.33 bits per heavy atom. The molecular weight excluding hydrogens is 350 g/mol. The van der Waals surface area contributed by atoms with Crippen molar-refractivity contribution >= 4 is 35.8 Å². The first-order valence-corrected chi connectivity index (χ1v) is 8.03. The molecule has 3 rings (SSSR count). The van der Waals surface area contributed by atoms with E-state index in [1.807, 2.05) is 6.07 Å². The van der Waals surface area contributed by atoms with Gasteiger partial charge in [0.25, 0.3) is 0 Å². The summed E-state index contributed by atoms with van der Waals surface area (Å²) in [5.74, 6) is 0.777. The molecule has 0 spiro atoms. The van der Waals surface area contributed by atoms with E-state index in [1.54, 1.807) is 0 Å². The molecule has 24 heavy (non-hydrogen) atoms. The molecule has 0 aliphatic carbocycles. The Bertz CT molecular complexity index is 687. The van der Waals surface area contributed by atoms with Crippen molar-refractivity contribution in [1.29, 1.82) is 0 Å². The fourth-order valence-electron chi connectivity index (χ4n) is 3.45. The highest BCUT2D eigenvalue weighted by Gasteiger charge is 2.33. The van der Waals surface area contributed by atoms with Crippen LogP contribution in [0.4, 0.5) is 4.39 Å². The lowest BCUT2D eigenvalue weighted by molar-refractivity contribution is 0.0871. The molecule has 1 unspecified atom stereocenters. The summed E-state index contributed by atoms with van der Waals surface area (Å²) >= 11 is 0. The largest absolute Gasteiger partial charge is 0.327 e. The van der Waals surface area contributed by atoms with Gasteiger partial charge in [0.05, 0.1) is 17.6 Å². The van der Waals surface area contributed by atoms with E-state index in [1.165, 1.54) is 12.1 Å². The maximum absolute atomic E-state index is 13.4. The highest BCUT2D eigenvalue weighted by Crippen LogP contribution is 2.29. The number of piperidine rings is 1. The zero-order valence-electron chi connectivity index (χ0n) is 14.5. The van der Waals surface area contributed by atoms with Crippen LogP contribution in [0.1, 0.15) is 33.0 Å². The molecule has 2 heterocycles. The molecular formula is C17H27Cl2FN4. The Morgan fingerprint density at radius 2 is 2.04 bits per heavy atom. The first-order valence-electron chi connectivity index (χ1n) is 8.03. The lowest BCUT2D eigenvalue weighted by Gasteiger charge is -2.42. The maximum Gasteiger partial charge on any atom is 0.125 e. The van der Waals surface area contributed by atoms with Crippen molar-refractivity contribution in [3.8, 4) is 0 Å². The van der Waals surface area contributed by atoms with E-state index in [2.05, 4.69) is 35.2 Å². The normalized spacial score (nSPS) is 20.5. The number of imidazole rings is 1. The molecule has 1 aliphatic rings. The van der Waals surface area contributed by atoms with Crippen LogP contribution in [0, 0.1) is 11.2 Å². The Kier molecular flexibility index (Phi) is 7.05. The highest BCUT2D eigenvalue weighted by atomic mass is 35.5. The molecule has 1 atom stereocenters. The molecule has 0 bridgehead atoms. The molecule has 7 heteroatoms. The van der Waals surface area contributed by atoms with Crippen molar-refractivity contribution in [2.45, 2.75) is 46.3 Å². The molecule has 1 fully saturated rings. The van der Waals surface area contributed by atoms with Crippen LogP contribution in [0.25, 0.3) is 11.0 Å². The molecule has 1 aromatic heterocycles. The van der Waals surface area contributed by atoms with E-state index in [9.17, 15) is 4.39 Å². The van der Waals surface area contributed by atoms with E-state index in [4.69, 9.17) is 5.73 Å². The zero-order valence-corrected chi connectivity index (χ0v) is 16.1. The topological polar surface area (TPSA) is 47.1 Å². The molecule has 4 nitrogen and oxygen atoms in total. The Hall–Kier alpha value is -0.880. The van der Waals surface area contributed by atoms with Crippen LogP contribution in [0.5, 0.6) is 0 Å². The van der Waals surface area contributed by atoms with Gasteiger partial charge in [-0.25, -0.2) is 9.37 Å².